The fourth-order valence-electron chi connectivity index (χ4n) is 4.26. The Morgan fingerprint density at radius 1 is 1.00 bits per heavy atom. The fraction of sp³-hybridized carbons (Fsp3) is 0.148. The lowest BCUT2D eigenvalue weighted by atomic mass is 10.1. The van der Waals surface area contributed by atoms with Gasteiger partial charge in [0, 0.05) is 53.3 Å². The lowest BCUT2D eigenvalue weighted by molar-refractivity contribution is -0.117. The van der Waals surface area contributed by atoms with Crippen LogP contribution < -0.4 is 16.0 Å². The molecule has 5 rings (SSSR count). The molecule has 0 bridgehead atoms. The minimum atomic E-state index is -0.207. The highest BCUT2D eigenvalue weighted by Gasteiger charge is 2.30. The van der Waals surface area contributed by atoms with Crippen LogP contribution >= 0.6 is 11.6 Å². The summed E-state index contributed by atoms with van der Waals surface area (Å²) in [5.41, 5.74) is 9.88. The van der Waals surface area contributed by atoms with Crippen LogP contribution in [0.25, 0.3) is 16.9 Å². The van der Waals surface area contributed by atoms with Gasteiger partial charge in [0.25, 0.3) is 5.91 Å². The SMILES string of the molecule is Nc1cc(-c2ccc(Cl)cc2)nn1-c1cccc(C(=O)NCC2CC(=O)N(c3ccccc3)C2)c1. The Balaban J connectivity index is 1.26. The molecule has 3 N–H and O–H groups in total. The molecular formula is C27H24ClN5O2. The van der Waals surface area contributed by atoms with Gasteiger partial charge < -0.3 is 16.0 Å². The van der Waals surface area contributed by atoms with E-state index < -0.39 is 0 Å². The second-order valence-electron chi connectivity index (χ2n) is 8.54. The largest absolute Gasteiger partial charge is 0.384 e. The van der Waals surface area contributed by atoms with Crippen molar-refractivity contribution in [3.05, 3.63) is 95.5 Å². The van der Waals surface area contributed by atoms with Crippen LogP contribution in [0.4, 0.5) is 11.5 Å². The Kier molecular flexibility index (Phi) is 6.25. The number of nitrogen functional groups attached to an aromatic ring is 1. The standard InChI is InChI=1S/C27H24ClN5O2/c28-21-11-9-19(10-12-21)24-15-25(29)33(31-24)23-8-4-5-20(14-23)27(35)30-16-18-13-26(34)32(17-18)22-6-2-1-3-7-22/h1-12,14-15,18H,13,16-17,29H2,(H,30,35). The van der Waals surface area contributed by atoms with E-state index in [9.17, 15) is 9.59 Å². The maximum absolute atomic E-state index is 12.9. The summed E-state index contributed by atoms with van der Waals surface area (Å²) in [6.07, 6.45) is 0.409. The summed E-state index contributed by atoms with van der Waals surface area (Å²) in [6.45, 7) is 1.00. The first-order valence-electron chi connectivity index (χ1n) is 11.3. The molecular weight excluding hydrogens is 462 g/mol. The normalized spacial score (nSPS) is 15.4. The predicted molar refractivity (Wildman–Crippen MR) is 138 cm³/mol. The number of hydrogen-bond acceptors (Lipinski definition) is 4. The van der Waals surface area contributed by atoms with Crippen molar-refractivity contribution in [2.75, 3.05) is 23.7 Å². The second-order valence-corrected chi connectivity index (χ2v) is 8.98. The van der Waals surface area contributed by atoms with Crippen LogP contribution in [0.15, 0.2) is 84.9 Å². The van der Waals surface area contributed by atoms with Crippen molar-refractivity contribution in [2.24, 2.45) is 5.92 Å². The first kappa shape index (κ1) is 22.7. The number of nitrogens with one attached hydrogen (secondary N) is 1. The van der Waals surface area contributed by atoms with Gasteiger partial charge in [-0.15, -0.1) is 0 Å². The summed E-state index contributed by atoms with van der Waals surface area (Å²) in [6, 6.07) is 25.9. The molecule has 2 amide bonds. The number of nitrogens with two attached hydrogens (primary N) is 1. The Labute approximate surface area is 208 Å². The minimum Gasteiger partial charge on any atom is -0.384 e. The fourth-order valence-corrected chi connectivity index (χ4v) is 4.38. The van der Waals surface area contributed by atoms with E-state index in [4.69, 9.17) is 17.3 Å². The van der Waals surface area contributed by atoms with Gasteiger partial charge in [0.1, 0.15) is 5.82 Å². The number of nitrogens with zero attached hydrogens (tertiary/aromatic N) is 3. The lowest BCUT2D eigenvalue weighted by Gasteiger charge is -2.17. The molecule has 1 saturated heterocycles. The van der Waals surface area contributed by atoms with Crippen molar-refractivity contribution in [3.63, 3.8) is 0 Å². The Morgan fingerprint density at radius 2 is 1.74 bits per heavy atom. The number of anilines is 2. The summed E-state index contributed by atoms with van der Waals surface area (Å²) in [5, 5.41) is 8.23. The molecule has 1 aliphatic rings. The van der Waals surface area contributed by atoms with E-state index in [2.05, 4.69) is 10.4 Å². The Bertz CT molecular complexity index is 1370. The van der Waals surface area contributed by atoms with E-state index in [0.29, 0.717) is 47.3 Å². The van der Waals surface area contributed by atoms with Crippen LogP contribution in [0.5, 0.6) is 0 Å². The van der Waals surface area contributed by atoms with Crippen molar-refractivity contribution >= 4 is 34.9 Å². The van der Waals surface area contributed by atoms with Crippen LogP contribution in [-0.4, -0.2) is 34.7 Å². The van der Waals surface area contributed by atoms with Gasteiger partial charge >= 0.3 is 0 Å². The molecule has 2 heterocycles. The van der Waals surface area contributed by atoms with Crippen molar-refractivity contribution in [3.8, 4) is 16.9 Å². The van der Waals surface area contributed by atoms with E-state index >= 15 is 0 Å². The van der Waals surface area contributed by atoms with Crippen molar-refractivity contribution in [2.45, 2.75) is 6.42 Å². The van der Waals surface area contributed by atoms with Crippen molar-refractivity contribution in [1.82, 2.24) is 15.1 Å². The van der Waals surface area contributed by atoms with Gasteiger partial charge in [0.2, 0.25) is 5.91 Å². The number of halogens is 1. The third-order valence-electron chi connectivity index (χ3n) is 6.05. The number of rotatable bonds is 6. The molecule has 0 spiro atoms. The predicted octanol–water partition coefficient (Wildman–Crippen LogP) is 4.56. The summed E-state index contributed by atoms with van der Waals surface area (Å²) in [7, 11) is 0. The van der Waals surface area contributed by atoms with Crippen molar-refractivity contribution in [1.29, 1.82) is 0 Å². The zero-order valence-corrected chi connectivity index (χ0v) is 19.7. The average Bonchev–Trinajstić information content (AvgIpc) is 3.46. The van der Waals surface area contributed by atoms with Crippen LogP contribution in [0.3, 0.4) is 0 Å². The van der Waals surface area contributed by atoms with Gasteiger partial charge in [0.15, 0.2) is 0 Å². The van der Waals surface area contributed by atoms with E-state index in [0.717, 1.165) is 11.3 Å². The van der Waals surface area contributed by atoms with Gasteiger partial charge in [0.05, 0.1) is 11.4 Å². The Hall–Kier alpha value is -4.10. The number of benzene rings is 3. The van der Waals surface area contributed by atoms with E-state index in [1.165, 1.54) is 0 Å². The number of amides is 2. The minimum absolute atomic E-state index is 0.0542. The highest BCUT2D eigenvalue weighted by molar-refractivity contribution is 6.30. The molecule has 0 saturated carbocycles. The number of hydrogen-bond donors (Lipinski definition) is 2. The monoisotopic (exact) mass is 485 g/mol. The molecule has 1 aromatic heterocycles. The molecule has 0 radical (unpaired) electrons. The van der Waals surface area contributed by atoms with E-state index in [1.54, 1.807) is 46.0 Å². The molecule has 0 aliphatic carbocycles. The third kappa shape index (κ3) is 4.90. The van der Waals surface area contributed by atoms with Gasteiger partial charge in [-0.25, -0.2) is 4.68 Å². The Morgan fingerprint density at radius 3 is 2.51 bits per heavy atom. The zero-order valence-electron chi connectivity index (χ0n) is 18.9. The molecule has 4 aromatic rings. The number of carbonyl (C=O) groups is 2. The molecule has 7 nitrogen and oxygen atoms in total. The van der Waals surface area contributed by atoms with Gasteiger partial charge in [-0.2, -0.15) is 5.10 Å². The topological polar surface area (TPSA) is 93.2 Å². The van der Waals surface area contributed by atoms with Crippen LogP contribution in [0.2, 0.25) is 5.02 Å². The van der Waals surface area contributed by atoms with E-state index in [-0.39, 0.29) is 17.7 Å². The zero-order chi connectivity index (χ0) is 24.4. The number of carbonyl (C=O) groups excluding carboxylic acids is 2. The molecule has 1 aliphatic heterocycles. The second kappa shape index (κ2) is 9.64. The van der Waals surface area contributed by atoms with Crippen molar-refractivity contribution < 1.29 is 9.59 Å². The van der Waals surface area contributed by atoms with Crippen LogP contribution in [-0.2, 0) is 4.79 Å². The molecule has 35 heavy (non-hydrogen) atoms. The number of aromatic nitrogens is 2. The third-order valence-corrected chi connectivity index (χ3v) is 6.31. The van der Waals surface area contributed by atoms with Gasteiger partial charge in [-0.3, -0.25) is 9.59 Å². The molecule has 8 heteroatoms. The maximum atomic E-state index is 12.9. The quantitative estimate of drug-likeness (QED) is 0.418. The molecule has 176 valence electrons. The smallest absolute Gasteiger partial charge is 0.251 e. The van der Waals surface area contributed by atoms with Crippen LogP contribution in [0, 0.1) is 5.92 Å². The molecule has 1 unspecified atom stereocenters. The summed E-state index contributed by atoms with van der Waals surface area (Å²) < 4.78 is 1.61. The van der Waals surface area contributed by atoms with Gasteiger partial charge in [-0.05, 0) is 42.5 Å². The first-order chi connectivity index (χ1) is 17.0. The summed E-state index contributed by atoms with van der Waals surface area (Å²) >= 11 is 5.98. The maximum Gasteiger partial charge on any atom is 0.251 e. The molecule has 1 atom stereocenters. The summed E-state index contributed by atoms with van der Waals surface area (Å²) in [5.74, 6) is 0.376. The lowest BCUT2D eigenvalue weighted by Crippen LogP contribution is -2.31. The molecule has 1 fully saturated rings. The highest BCUT2D eigenvalue weighted by Crippen LogP contribution is 2.26. The molecule has 3 aromatic carbocycles. The first-order valence-corrected chi connectivity index (χ1v) is 11.7. The van der Waals surface area contributed by atoms with Gasteiger partial charge in [-0.1, -0.05) is 48.0 Å². The summed E-state index contributed by atoms with van der Waals surface area (Å²) in [4.78, 5) is 27.1. The average molecular weight is 486 g/mol. The van der Waals surface area contributed by atoms with E-state index in [1.807, 2.05) is 48.5 Å². The van der Waals surface area contributed by atoms with Crippen LogP contribution in [0.1, 0.15) is 16.8 Å². The number of para-hydroxylation sites is 1. The highest BCUT2D eigenvalue weighted by atomic mass is 35.5.